The fourth-order valence-corrected chi connectivity index (χ4v) is 2.82. The molecule has 136 valence electrons. The van der Waals surface area contributed by atoms with Crippen molar-refractivity contribution >= 4 is 35.7 Å². The van der Waals surface area contributed by atoms with Crippen LogP contribution in [0.2, 0.25) is 0 Å². The molecule has 0 bridgehead atoms. The molecule has 27 heavy (non-hydrogen) atoms. The van der Waals surface area contributed by atoms with Gasteiger partial charge in [-0.2, -0.15) is 0 Å². The number of carbonyl (C=O) groups excluding carboxylic acids is 1. The number of nitrogens with two attached hydrogens (primary N) is 1. The Bertz CT molecular complexity index is 960. The molecular formula is C22H20N2O2S. The third-order valence-corrected chi connectivity index (χ3v) is 4.12. The summed E-state index contributed by atoms with van der Waals surface area (Å²) >= 11 is 4.34. The lowest BCUT2D eigenvalue weighted by molar-refractivity contribution is -0.130. The summed E-state index contributed by atoms with van der Waals surface area (Å²) in [5, 5.41) is 3.31. The van der Waals surface area contributed by atoms with E-state index in [0.29, 0.717) is 17.0 Å². The van der Waals surface area contributed by atoms with Crippen molar-refractivity contribution in [2.75, 3.05) is 11.1 Å². The standard InChI is InChI=1S/C22H20N2O2S/c1-14(2)22(25)26-20-9-5-16(6-10-20)15-3-7-18(8-4-15)24-19-11-17(23)12-21(27)13-19/h3-13,24,27H,1,23H2,2H3. The molecular weight excluding hydrogens is 356 g/mol. The number of nitrogen functional groups attached to an aromatic ring is 1. The van der Waals surface area contributed by atoms with E-state index < -0.39 is 5.97 Å². The normalized spacial score (nSPS) is 10.3. The zero-order valence-electron chi connectivity index (χ0n) is 14.9. The second kappa shape index (κ2) is 8.01. The van der Waals surface area contributed by atoms with E-state index in [1.807, 2.05) is 48.5 Å². The number of benzene rings is 3. The van der Waals surface area contributed by atoms with Crippen LogP contribution < -0.4 is 15.8 Å². The molecule has 3 rings (SSSR count). The molecule has 0 saturated heterocycles. The van der Waals surface area contributed by atoms with Crippen LogP contribution in [0.15, 0.2) is 83.8 Å². The highest BCUT2D eigenvalue weighted by molar-refractivity contribution is 7.80. The summed E-state index contributed by atoms with van der Waals surface area (Å²) in [5.74, 6) is 0.0679. The molecule has 0 aromatic heterocycles. The molecule has 0 aliphatic carbocycles. The van der Waals surface area contributed by atoms with Crippen molar-refractivity contribution < 1.29 is 9.53 Å². The van der Waals surface area contributed by atoms with E-state index in [9.17, 15) is 4.79 Å². The minimum absolute atomic E-state index is 0.368. The fraction of sp³-hybridized carbons (Fsp3) is 0.0455. The molecule has 0 fully saturated rings. The summed E-state index contributed by atoms with van der Waals surface area (Å²) in [6, 6.07) is 21.0. The second-order valence-electron chi connectivity index (χ2n) is 6.21. The van der Waals surface area contributed by atoms with E-state index in [0.717, 1.165) is 27.4 Å². The first-order chi connectivity index (χ1) is 12.9. The van der Waals surface area contributed by atoms with Crippen molar-refractivity contribution in [2.45, 2.75) is 11.8 Å². The maximum atomic E-state index is 11.6. The third-order valence-electron chi connectivity index (χ3n) is 3.86. The zero-order valence-corrected chi connectivity index (χ0v) is 15.8. The Hall–Kier alpha value is -3.18. The summed E-state index contributed by atoms with van der Waals surface area (Å²) in [7, 11) is 0. The average Bonchev–Trinajstić information content (AvgIpc) is 2.62. The Balaban J connectivity index is 1.71. The molecule has 0 saturated carbocycles. The molecule has 0 aliphatic rings. The molecule has 0 spiro atoms. The van der Waals surface area contributed by atoms with Gasteiger partial charge in [0.15, 0.2) is 0 Å². The van der Waals surface area contributed by atoms with Gasteiger partial charge in [0.2, 0.25) is 0 Å². The minimum atomic E-state index is -0.427. The van der Waals surface area contributed by atoms with E-state index >= 15 is 0 Å². The summed E-state index contributed by atoms with van der Waals surface area (Å²) in [6.07, 6.45) is 0. The highest BCUT2D eigenvalue weighted by Gasteiger charge is 2.06. The number of hydrogen-bond acceptors (Lipinski definition) is 5. The molecule has 0 radical (unpaired) electrons. The van der Waals surface area contributed by atoms with Gasteiger partial charge in [-0.15, -0.1) is 12.6 Å². The molecule has 0 amide bonds. The van der Waals surface area contributed by atoms with Gasteiger partial charge in [-0.1, -0.05) is 30.8 Å². The van der Waals surface area contributed by atoms with Crippen LogP contribution in [-0.2, 0) is 4.79 Å². The van der Waals surface area contributed by atoms with E-state index in [1.165, 1.54) is 0 Å². The van der Waals surface area contributed by atoms with Gasteiger partial charge in [0.25, 0.3) is 0 Å². The average molecular weight is 376 g/mol. The van der Waals surface area contributed by atoms with Gasteiger partial charge in [0.05, 0.1) is 0 Å². The van der Waals surface area contributed by atoms with Crippen LogP contribution in [0.1, 0.15) is 6.92 Å². The lowest BCUT2D eigenvalue weighted by Gasteiger charge is -2.10. The Morgan fingerprint density at radius 2 is 1.56 bits per heavy atom. The Kier molecular flexibility index (Phi) is 5.52. The van der Waals surface area contributed by atoms with Crippen molar-refractivity contribution in [3.8, 4) is 16.9 Å². The van der Waals surface area contributed by atoms with Gasteiger partial charge < -0.3 is 15.8 Å². The Morgan fingerprint density at radius 3 is 2.11 bits per heavy atom. The van der Waals surface area contributed by atoms with Crippen molar-refractivity contribution in [3.05, 3.63) is 78.9 Å². The van der Waals surface area contributed by atoms with Gasteiger partial charge in [-0.3, -0.25) is 0 Å². The number of hydrogen-bond donors (Lipinski definition) is 3. The first-order valence-corrected chi connectivity index (χ1v) is 8.80. The molecule has 0 aliphatic heterocycles. The number of nitrogens with one attached hydrogen (secondary N) is 1. The quantitative estimate of drug-likeness (QED) is 0.182. The van der Waals surface area contributed by atoms with E-state index in [2.05, 4.69) is 24.5 Å². The maximum Gasteiger partial charge on any atom is 0.338 e. The number of ether oxygens (including phenoxy) is 1. The monoisotopic (exact) mass is 376 g/mol. The number of rotatable bonds is 5. The van der Waals surface area contributed by atoms with Crippen LogP contribution in [0.5, 0.6) is 5.75 Å². The summed E-state index contributed by atoms with van der Waals surface area (Å²) in [5.41, 5.74) is 10.8. The van der Waals surface area contributed by atoms with Crippen LogP contribution >= 0.6 is 12.6 Å². The smallest absolute Gasteiger partial charge is 0.338 e. The Labute approximate surface area is 164 Å². The summed E-state index contributed by atoms with van der Waals surface area (Å²) < 4.78 is 5.21. The van der Waals surface area contributed by atoms with Crippen LogP contribution in [0, 0.1) is 0 Å². The van der Waals surface area contributed by atoms with Gasteiger partial charge in [0, 0.05) is 27.5 Å². The number of thiol groups is 1. The van der Waals surface area contributed by atoms with E-state index in [4.69, 9.17) is 10.5 Å². The van der Waals surface area contributed by atoms with E-state index in [1.54, 1.807) is 25.1 Å². The maximum absolute atomic E-state index is 11.6. The van der Waals surface area contributed by atoms with Crippen LogP contribution in [-0.4, -0.2) is 5.97 Å². The van der Waals surface area contributed by atoms with Crippen LogP contribution in [0.3, 0.4) is 0 Å². The van der Waals surface area contributed by atoms with Gasteiger partial charge in [-0.05, 0) is 60.5 Å². The van der Waals surface area contributed by atoms with Crippen LogP contribution in [0.4, 0.5) is 17.1 Å². The largest absolute Gasteiger partial charge is 0.423 e. The number of esters is 1. The summed E-state index contributed by atoms with van der Waals surface area (Å²) in [6.45, 7) is 5.19. The molecule has 3 aromatic carbocycles. The Morgan fingerprint density at radius 1 is 0.963 bits per heavy atom. The lowest BCUT2D eigenvalue weighted by atomic mass is 10.1. The van der Waals surface area contributed by atoms with Crippen molar-refractivity contribution in [1.82, 2.24) is 0 Å². The molecule has 3 N–H and O–H groups in total. The number of anilines is 3. The molecule has 5 heteroatoms. The first-order valence-electron chi connectivity index (χ1n) is 8.35. The minimum Gasteiger partial charge on any atom is -0.423 e. The fourth-order valence-electron chi connectivity index (χ4n) is 2.53. The van der Waals surface area contributed by atoms with Crippen molar-refractivity contribution in [2.24, 2.45) is 0 Å². The predicted octanol–water partition coefficient (Wildman–Crippen LogP) is 5.45. The van der Waals surface area contributed by atoms with E-state index in [-0.39, 0.29) is 0 Å². The molecule has 0 atom stereocenters. The highest BCUT2D eigenvalue weighted by atomic mass is 32.1. The molecule has 3 aromatic rings. The van der Waals surface area contributed by atoms with Crippen molar-refractivity contribution in [3.63, 3.8) is 0 Å². The highest BCUT2D eigenvalue weighted by Crippen LogP contribution is 2.27. The topological polar surface area (TPSA) is 64.3 Å². The van der Waals surface area contributed by atoms with Crippen molar-refractivity contribution in [1.29, 1.82) is 0 Å². The van der Waals surface area contributed by atoms with Gasteiger partial charge in [0.1, 0.15) is 5.75 Å². The summed E-state index contributed by atoms with van der Waals surface area (Å²) in [4.78, 5) is 12.4. The van der Waals surface area contributed by atoms with Crippen LogP contribution in [0.25, 0.3) is 11.1 Å². The molecule has 0 heterocycles. The second-order valence-corrected chi connectivity index (χ2v) is 6.73. The molecule has 4 nitrogen and oxygen atoms in total. The lowest BCUT2D eigenvalue weighted by Crippen LogP contribution is -2.07. The van der Waals surface area contributed by atoms with Gasteiger partial charge in [-0.25, -0.2) is 4.79 Å². The number of carbonyl (C=O) groups is 1. The SMILES string of the molecule is C=C(C)C(=O)Oc1ccc(-c2ccc(Nc3cc(N)cc(S)c3)cc2)cc1. The third kappa shape index (κ3) is 4.92. The predicted molar refractivity (Wildman–Crippen MR) is 114 cm³/mol. The first kappa shape index (κ1) is 18.6. The van der Waals surface area contributed by atoms with Gasteiger partial charge >= 0.3 is 5.97 Å². The zero-order chi connectivity index (χ0) is 19.4. The molecule has 0 unspecified atom stereocenters.